The maximum Gasteiger partial charge on any atom is 0.164 e. The van der Waals surface area contributed by atoms with Crippen LogP contribution in [0.15, 0.2) is 194 Å². The molecule has 10 aromatic rings. The second-order valence-corrected chi connectivity index (χ2v) is 14.8. The smallest absolute Gasteiger partial charge is 0.164 e. The molecule has 262 valence electrons. The van der Waals surface area contributed by atoms with Crippen LogP contribution in [0.5, 0.6) is 0 Å². The minimum atomic E-state index is -0.293. The van der Waals surface area contributed by atoms with E-state index in [9.17, 15) is 4.11 Å². The molecule has 1 aliphatic rings. The van der Waals surface area contributed by atoms with Gasteiger partial charge in [-0.2, -0.15) is 0 Å². The molecule has 1 aliphatic carbocycles. The normalized spacial score (nSPS) is 14.7. The highest BCUT2D eigenvalue weighted by Crippen LogP contribution is 2.54. The molecule has 8 aromatic carbocycles. The lowest BCUT2D eigenvalue weighted by molar-refractivity contribution is 1.02. The first kappa shape index (κ1) is 26.7. The average Bonchev–Trinajstić information content (AvgIpc) is 3.88. The Kier molecular flexibility index (Phi) is 6.38. The van der Waals surface area contributed by atoms with Crippen LogP contribution in [0.2, 0.25) is 0 Å². The topological polar surface area (TPSA) is 38.7 Å². The van der Waals surface area contributed by atoms with Gasteiger partial charge < -0.3 is 0 Å². The zero-order valence-electron chi connectivity index (χ0n) is 35.8. The molecule has 0 radical (unpaired) electrons. The summed E-state index contributed by atoms with van der Waals surface area (Å²) in [4.78, 5) is 15.0. The quantitative estimate of drug-likeness (QED) is 0.171. The summed E-state index contributed by atoms with van der Waals surface area (Å²) in [5.74, 6) is 1.14. The van der Waals surface area contributed by atoms with Crippen molar-refractivity contribution in [1.82, 2.24) is 15.0 Å². The molecule has 11 rings (SSSR count). The van der Waals surface area contributed by atoms with Crippen LogP contribution in [-0.2, 0) is 0 Å². The standard InChI is InChI=1S/C52H33N3S/c1-4-16-33(17-5-1)37-25-14-28-44-47(37)39-23-10-11-24-40(39)48(44)41-31-30-36(32-45(41)43-27-15-26-42-38-22-12-13-29-46(38)56-49(42)43)52-54-50(34-18-6-2-7-19-34)53-51(55-52)35-20-8-3-9-21-35/h1-32,48H/i12D,15D,22D,26D,27D,29D. The van der Waals surface area contributed by atoms with Gasteiger partial charge in [-0.3, -0.25) is 0 Å². The van der Waals surface area contributed by atoms with Gasteiger partial charge in [0.05, 0.1) is 8.22 Å². The predicted octanol–water partition coefficient (Wildman–Crippen LogP) is 13.7. The summed E-state index contributed by atoms with van der Waals surface area (Å²) in [6.45, 7) is 0. The zero-order valence-corrected chi connectivity index (χ0v) is 30.7. The molecular weight excluding hydrogens is 699 g/mol. The minimum Gasteiger partial charge on any atom is -0.208 e. The molecule has 4 heteroatoms. The molecule has 0 spiro atoms. The number of nitrogens with zero attached hydrogens (tertiary/aromatic N) is 3. The Labute approximate surface area is 337 Å². The molecule has 0 N–H and O–H groups in total. The average molecular weight is 738 g/mol. The summed E-state index contributed by atoms with van der Waals surface area (Å²) in [5.41, 5.74) is 10.9. The van der Waals surface area contributed by atoms with Crippen LogP contribution in [0.25, 0.3) is 87.7 Å². The van der Waals surface area contributed by atoms with E-state index in [1.165, 1.54) is 17.4 Å². The van der Waals surface area contributed by atoms with E-state index in [4.69, 9.17) is 19.1 Å². The monoisotopic (exact) mass is 737 g/mol. The number of hydrogen-bond donors (Lipinski definition) is 0. The summed E-state index contributed by atoms with van der Waals surface area (Å²) in [5, 5.41) is 0.600. The third-order valence-electron chi connectivity index (χ3n) is 10.6. The Morgan fingerprint density at radius 2 is 1.00 bits per heavy atom. The Hall–Kier alpha value is -7.01. The molecule has 0 fully saturated rings. The van der Waals surface area contributed by atoms with Gasteiger partial charge in [0.2, 0.25) is 0 Å². The lowest BCUT2D eigenvalue weighted by Gasteiger charge is -2.21. The minimum absolute atomic E-state index is 0.0683. The van der Waals surface area contributed by atoms with Crippen LogP contribution in [-0.4, -0.2) is 15.0 Å². The number of hydrogen-bond acceptors (Lipinski definition) is 4. The summed E-state index contributed by atoms with van der Waals surface area (Å²) in [6.07, 6.45) is 0. The van der Waals surface area contributed by atoms with Gasteiger partial charge in [-0.05, 0) is 62.2 Å². The van der Waals surface area contributed by atoms with Crippen LogP contribution in [0.1, 0.15) is 30.8 Å². The van der Waals surface area contributed by atoms with Crippen LogP contribution in [0.3, 0.4) is 0 Å². The lowest BCUT2D eigenvalue weighted by atomic mass is 9.83. The molecule has 2 aromatic heterocycles. The molecule has 3 nitrogen and oxygen atoms in total. The van der Waals surface area contributed by atoms with Crippen molar-refractivity contribution in [2.75, 3.05) is 0 Å². The van der Waals surface area contributed by atoms with E-state index in [1.807, 2.05) is 91.0 Å². The van der Waals surface area contributed by atoms with E-state index >= 15 is 0 Å². The molecule has 0 aliphatic heterocycles. The summed E-state index contributed by atoms with van der Waals surface area (Å²) in [6, 6.07) is 51.4. The van der Waals surface area contributed by atoms with Crippen molar-refractivity contribution in [2.45, 2.75) is 5.92 Å². The first-order valence-electron chi connectivity index (χ1n) is 21.5. The van der Waals surface area contributed by atoms with E-state index in [2.05, 4.69) is 60.7 Å². The summed E-state index contributed by atoms with van der Waals surface area (Å²) >= 11 is 1.24. The highest BCUT2D eigenvalue weighted by molar-refractivity contribution is 7.26. The van der Waals surface area contributed by atoms with Crippen molar-refractivity contribution in [3.05, 3.63) is 211 Å². The van der Waals surface area contributed by atoms with Gasteiger partial charge in [-0.15, -0.1) is 11.3 Å². The highest BCUT2D eigenvalue weighted by Gasteiger charge is 2.34. The van der Waals surface area contributed by atoms with Gasteiger partial charge in [0.15, 0.2) is 17.5 Å². The van der Waals surface area contributed by atoms with Gasteiger partial charge in [-0.1, -0.05) is 182 Å². The molecule has 0 amide bonds. The second-order valence-electron chi connectivity index (χ2n) is 13.8. The Morgan fingerprint density at radius 1 is 0.411 bits per heavy atom. The third-order valence-corrected chi connectivity index (χ3v) is 11.7. The number of benzene rings is 8. The van der Waals surface area contributed by atoms with Crippen LogP contribution in [0.4, 0.5) is 0 Å². The third kappa shape index (κ3) is 5.37. The highest BCUT2D eigenvalue weighted by atomic mass is 32.1. The Balaban J connectivity index is 1.24. The largest absolute Gasteiger partial charge is 0.208 e. The first-order valence-corrected chi connectivity index (χ1v) is 19.3. The zero-order chi connectivity index (χ0) is 42.2. The first-order chi connectivity index (χ1) is 30.3. The maximum absolute atomic E-state index is 9.68. The molecule has 0 saturated heterocycles. The Bertz CT molecular complexity index is 3370. The summed E-state index contributed by atoms with van der Waals surface area (Å²) in [7, 11) is 0. The van der Waals surface area contributed by atoms with Gasteiger partial charge in [-0.25, -0.2) is 15.0 Å². The van der Waals surface area contributed by atoms with Crippen molar-refractivity contribution in [3.8, 4) is 67.5 Å². The van der Waals surface area contributed by atoms with Gasteiger partial charge in [0, 0.05) is 42.8 Å². The lowest BCUT2D eigenvalue weighted by Crippen LogP contribution is -2.04. The second kappa shape index (κ2) is 13.4. The van der Waals surface area contributed by atoms with Crippen LogP contribution in [0, 0.1) is 0 Å². The van der Waals surface area contributed by atoms with Gasteiger partial charge >= 0.3 is 0 Å². The van der Waals surface area contributed by atoms with Crippen LogP contribution < -0.4 is 0 Å². The fraction of sp³-hybridized carbons (Fsp3) is 0.0192. The van der Waals surface area contributed by atoms with Crippen molar-refractivity contribution < 1.29 is 8.22 Å². The number of thiophene rings is 1. The molecular formula is C52H33N3S. The molecule has 0 bridgehead atoms. The van der Waals surface area contributed by atoms with Gasteiger partial charge in [0.1, 0.15) is 0 Å². The van der Waals surface area contributed by atoms with Crippen LogP contribution >= 0.6 is 11.3 Å². The molecule has 0 saturated carbocycles. The van der Waals surface area contributed by atoms with Crippen molar-refractivity contribution in [2.24, 2.45) is 0 Å². The van der Waals surface area contributed by atoms with Crippen molar-refractivity contribution >= 4 is 31.5 Å². The van der Waals surface area contributed by atoms with E-state index in [1.54, 1.807) is 0 Å². The van der Waals surface area contributed by atoms with E-state index in [0.717, 1.165) is 50.1 Å². The molecule has 56 heavy (non-hydrogen) atoms. The fourth-order valence-electron chi connectivity index (χ4n) is 8.11. The molecule has 1 unspecified atom stereocenters. The van der Waals surface area contributed by atoms with Gasteiger partial charge in [0.25, 0.3) is 0 Å². The molecule has 2 heterocycles. The fourth-order valence-corrected chi connectivity index (χ4v) is 9.21. The van der Waals surface area contributed by atoms with Crippen molar-refractivity contribution in [1.29, 1.82) is 0 Å². The Morgan fingerprint density at radius 3 is 1.73 bits per heavy atom. The van der Waals surface area contributed by atoms with E-state index in [0.29, 0.717) is 54.3 Å². The van der Waals surface area contributed by atoms with Crippen molar-refractivity contribution in [3.63, 3.8) is 0 Å². The van der Waals surface area contributed by atoms with E-state index in [-0.39, 0.29) is 42.2 Å². The number of rotatable bonds is 6. The maximum atomic E-state index is 9.68. The summed E-state index contributed by atoms with van der Waals surface area (Å²) < 4.78 is 55.5. The number of aromatic nitrogens is 3. The molecule has 1 atom stereocenters. The predicted molar refractivity (Wildman–Crippen MR) is 233 cm³/mol. The van der Waals surface area contributed by atoms with E-state index < -0.39 is 0 Å². The SMILES string of the molecule is [2H]c1cc([2H])c2sc3c(-c4cc(-c5nc(-c6ccccc6)nc(-c6ccccc6)n5)ccc4C4c5ccccc5-c5c(-c6ccccc6)cccc54)c([2H])c([2H])c([2H])c3c2c1[2H]. The number of fused-ring (bicyclic) bond motifs is 6.